The number of hydrogen-bond acceptors (Lipinski definition) is 7. The van der Waals surface area contributed by atoms with E-state index in [0.29, 0.717) is 33.7 Å². The van der Waals surface area contributed by atoms with Crippen LogP contribution < -0.4 is 10.3 Å². The molecule has 3 fully saturated rings. The minimum atomic E-state index is -1.67. The van der Waals surface area contributed by atoms with Crippen LogP contribution in [0, 0.1) is 29.5 Å². The van der Waals surface area contributed by atoms with Gasteiger partial charge < -0.3 is 10.2 Å². The maximum Gasteiger partial charge on any atom is 0.335 e. The number of allylic oxidation sites excluding steroid dienone is 3. The molecular weight excluding hydrogens is 713 g/mol. The molecule has 0 aromatic heterocycles. The first-order valence-corrected chi connectivity index (χ1v) is 17.8. The Balaban J connectivity index is 1.33. The third kappa shape index (κ3) is 5.17. The number of fused-ring (bicyclic) bond motifs is 4. The van der Waals surface area contributed by atoms with E-state index >= 15 is 4.79 Å². The van der Waals surface area contributed by atoms with Gasteiger partial charge in [-0.3, -0.25) is 29.5 Å². The maximum absolute atomic E-state index is 15.3. The molecular formula is C42H33ClFN3O7. The monoisotopic (exact) mass is 745 g/mol. The van der Waals surface area contributed by atoms with Gasteiger partial charge in [-0.05, 0) is 90.9 Å². The lowest BCUT2D eigenvalue weighted by Crippen LogP contribution is -2.53. The number of benzene rings is 4. The van der Waals surface area contributed by atoms with E-state index in [2.05, 4.69) is 12.0 Å². The number of carboxylic acid groups (broad SMARTS) is 1. The normalized spacial score (nSPS) is 25.9. The number of aromatic carboxylic acids is 1. The van der Waals surface area contributed by atoms with Crippen molar-refractivity contribution in [3.8, 4) is 5.75 Å². The number of nitrogens with zero attached hydrogens (tertiary/aromatic N) is 2. The molecule has 0 unspecified atom stereocenters. The van der Waals surface area contributed by atoms with Crippen LogP contribution in [0.1, 0.15) is 45.8 Å². The Morgan fingerprint density at radius 3 is 2.37 bits per heavy atom. The third-order valence-electron chi connectivity index (χ3n) is 11.4. The van der Waals surface area contributed by atoms with Crippen molar-refractivity contribution in [2.24, 2.45) is 23.7 Å². The zero-order valence-electron chi connectivity index (χ0n) is 28.6. The van der Waals surface area contributed by atoms with Gasteiger partial charge in [-0.1, -0.05) is 65.7 Å². The fourth-order valence-electron chi connectivity index (χ4n) is 9.20. The van der Waals surface area contributed by atoms with Crippen molar-refractivity contribution in [3.05, 3.63) is 148 Å². The number of para-hydroxylation sites is 1. The molecule has 4 aromatic carbocycles. The number of rotatable bonds is 8. The van der Waals surface area contributed by atoms with Gasteiger partial charge in [-0.25, -0.2) is 9.18 Å². The quantitative estimate of drug-likeness (QED) is 0.132. The summed E-state index contributed by atoms with van der Waals surface area (Å²) in [6, 6.07) is 22.6. The summed E-state index contributed by atoms with van der Waals surface area (Å²) in [6.45, 7) is 3.82. The molecule has 2 aliphatic heterocycles. The van der Waals surface area contributed by atoms with Crippen LogP contribution in [-0.2, 0) is 31.0 Å². The van der Waals surface area contributed by atoms with Gasteiger partial charge in [-0.15, -0.1) is 6.58 Å². The molecule has 0 radical (unpaired) electrons. The SMILES string of the molecule is C=CCc1cccc([C@H]2C3=CC[C@@H]4C(=O)N(c5cccc(C(=O)O)c5)C(=O)[C@@H]4[C@@H]3C[C@H]3C(=O)N(Nc4ccc(F)cc4)C(=O)[C@@]23c2ccc(Cl)cc2)c1O. The van der Waals surface area contributed by atoms with E-state index in [1.165, 1.54) is 48.5 Å². The number of carbonyl (C=O) groups is 5. The number of carboxylic acids is 1. The summed E-state index contributed by atoms with van der Waals surface area (Å²) in [5, 5.41) is 22.9. The van der Waals surface area contributed by atoms with Crippen molar-refractivity contribution in [3.63, 3.8) is 0 Å². The molecule has 54 heavy (non-hydrogen) atoms. The topological polar surface area (TPSA) is 144 Å². The molecule has 2 saturated heterocycles. The first-order chi connectivity index (χ1) is 26.0. The van der Waals surface area contributed by atoms with Crippen LogP contribution in [0.5, 0.6) is 5.75 Å². The zero-order chi connectivity index (χ0) is 38.1. The fraction of sp³-hybridized carbons (Fsp3) is 0.214. The molecule has 6 atom stereocenters. The molecule has 8 rings (SSSR count). The van der Waals surface area contributed by atoms with Gasteiger partial charge in [0.15, 0.2) is 0 Å². The van der Waals surface area contributed by atoms with Crippen molar-refractivity contribution in [1.82, 2.24) is 5.01 Å². The van der Waals surface area contributed by atoms with E-state index in [-0.39, 0.29) is 35.5 Å². The first-order valence-electron chi connectivity index (χ1n) is 17.5. The second-order valence-electron chi connectivity index (χ2n) is 14.1. The summed E-state index contributed by atoms with van der Waals surface area (Å²) >= 11 is 6.36. The number of nitrogens with one attached hydrogen (secondary N) is 1. The number of amides is 4. The van der Waals surface area contributed by atoms with Crippen molar-refractivity contribution < 1.29 is 38.6 Å². The van der Waals surface area contributed by atoms with Crippen LogP contribution in [0.3, 0.4) is 0 Å². The van der Waals surface area contributed by atoms with E-state index in [1.54, 1.807) is 48.5 Å². The van der Waals surface area contributed by atoms with Crippen LogP contribution in [0.25, 0.3) is 0 Å². The minimum Gasteiger partial charge on any atom is -0.507 e. The highest BCUT2D eigenvalue weighted by molar-refractivity contribution is 6.30. The van der Waals surface area contributed by atoms with E-state index < -0.39 is 70.4 Å². The van der Waals surface area contributed by atoms with E-state index in [0.717, 1.165) is 9.91 Å². The molecule has 3 N–H and O–H groups in total. The average molecular weight is 746 g/mol. The Kier molecular flexibility index (Phi) is 8.49. The Bertz CT molecular complexity index is 2310. The average Bonchev–Trinajstić information content (AvgIpc) is 3.54. The first kappa shape index (κ1) is 35.0. The predicted octanol–water partition coefficient (Wildman–Crippen LogP) is 6.80. The molecule has 4 aliphatic rings. The third-order valence-corrected chi connectivity index (χ3v) is 11.7. The molecule has 2 heterocycles. The number of anilines is 2. The van der Waals surface area contributed by atoms with Gasteiger partial charge in [0.05, 0.1) is 40.1 Å². The second-order valence-corrected chi connectivity index (χ2v) is 14.5. The Hall–Kier alpha value is -6.07. The van der Waals surface area contributed by atoms with Crippen LogP contribution in [0.15, 0.2) is 115 Å². The molecule has 10 nitrogen and oxygen atoms in total. The number of hydrazine groups is 1. The van der Waals surface area contributed by atoms with Gasteiger partial charge in [0.2, 0.25) is 11.8 Å². The summed E-state index contributed by atoms with van der Waals surface area (Å²) in [5.41, 5.74) is 3.53. The molecule has 1 saturated carbocycles. The largest absolute Gasteiger partial charge is 0.507 e. The van der Waals surface area contributed by atoms with E-state index in [9.17, 15) is 33.8 Å². The lowest BCUT2D eigenvalue weighted by atomic mass is 9.49. The number of imide groups is 2. The Morgan fingerprint density at radius 1 is 0.944 bits per heavy atom. The summed E-state index contributed by atoms with van der Waals surface area (Å²) in [6.07, 6.45) is 3.92. The smallest absolute Gasteiger partial charge is 0.335 e. The van der Waals surface area contributed by atoms with Gasteiger partial charge in [0.25, 0.3) is 11.8 Å². The van der Waals surface area contributed by atoms with Crippen LogP contribution >= 0.6 is 11.6 Å². The second kappa shape index (κ2) is 13.1. The summed E-state index contributed by atoms with van der Waals surface area (Å²) in [5.74, 6) is -8.67. The van der Waals surface area contributed by atoms with Crippen molar-refractivity contribution in [2.75, 3.05) is 10.3 Å². The van der Waals surface area contributed by atoms with Gasteiger partial charge in [-0.2, -0.15) is 5.01 Å². The summed E-state index contributed by atoms with van der Waals surface area (Å²) < 4.78 is 13.9. The predicted molar refractivity (Wildman–Crippen MR) is 197 cm³/mol. The Labute approximate surface area is 314 Å². The molecule has 4 aromatic rings. The summed E-state index contributed by atoms with van der Waals surface area (Å²) in [4.78, 5) is 71.6. The number of aromatic hydroxyl groups is 1. The summed E-state index contributed by atoms with van der Waals surface area (Å²) in [7, 11) is 0. The minimum absolute atomic E-state index is 0.00651. The van der Waals surface area contributed by atoms with Gasteiger partial charge in [0.1, 0.15) is 11.6 Å². The van der Waals surface area contributed by atoms with E-state index in [1.807, 2.05) is 6.08 Å². The fourth-order valence-corrected chi connectivity index (χ4v) is 9.32. The highest BCUT2D eigenvalue weighted by atomic mass is 35.5. The highest BCUT2D eigenvalue weighted by Crippen LogP contribution is 2.65. The molecule has 4 amide bonds. The molecule has 12 heteroatoms. The lowest BCUT2D eigenvalue weighted by Gasteiger charge is -2.50. The van der Waals surface area contributed by atoms with Gasteiger partial charge in [0, 0.05) is 16.5 Å². The van der Waals surface area contributed by atoms with E-state index in [4.69, 9.17) is 11.6 Å². The van der Waals surface area contributed by atoms with Crippen LogP contribution in [0.4, 0.5) is 15.8 Å². The van der Waals surface area contributed by atoms with Crippen molar-refractivity contribution in [1.29, 1.82) is 0 Å². The molecule has 2 aliphatic carbocycles. The molecule has 272 valence electrons. The zero-order valence-corrected chi connectivity index (χ0v) is 29.4. The van der Waals surface area contributed by atoms with Crippen LogP contribution in [-0.4, -0.2) is 44.8 Å². The number of hydrogen-bond donors (Lipinski definition) is 3. The highest BCUT2D eigenvalue weighted by Gasteiger charge is 2.70. The molecule has 0 bridgehead atoms. The van der Waals surface area contributed by atoms with Crippen LogP contribution in [0.2, 0.25) is 5.02 Å². The lowest BCUT2D eigenvalue weighted by molar-refractivity contribution is -0.138. The Morgan fingerprint density at radius 2 is 1.67 bits per heavy atom. The maximum atomic E-state index is 15.3. The van der Waals surface area contributed by atoms with Crippen molar-refractivity contribution >= 4 is 52.6 Å². The number of carbonyl (C=O) groups excluding carboxylic acids is 4. The van der Waals surface area contributed by atoms with Gasteiger partial charge >= 0.3 is 5.97 Å². The molecule has 0 spiro atoms. The number of halogens is 2. The number of phenolic OH excluding ortho intramolecular Hbond substituents is 1. The number of phenols is 1. The standard InChI is InChI=1S/C42H33ClFN3O7/c1-2-5-22-6-4-9-31(36(22)48)35-29-18-19-30-34(39(51)46(37(30)49)28-8-3-7-23(20-28)40(52)53)32(29)21-33-38(50)47(45-27-16-14-26(44)15-17-27)41(54)42(33,35)24-10-12-25(43)13-11-24/h2-4,6-18,20,30,32-35,45,48H,1,5,19,21H2,(H,52,53)/t30-,32+,33-,34-,35+,42+/m0/s1. The van der Waals surface area contributed by atoms with Crippen molar-refractivity contribution in [2.45, 2.75) is 30.6 Å².